The van der Waals surface area contributed by atoms with E-state index in [4.69, 9.17) is 11.6 Å². The van der Waals surface area contributed by atoms with Gasteiger partial charge in [-0.25, -0.2) is 9.37 Å². The number of carbonyl (C=O) groups is 1. The molecule has 6 heteroatoms. The first-order valence-electron chi connectivity index (χ1n) is 10.3. The summed E-state index contributed by atoms with van der Waals surface area (Å²) in [6.45, 7) is 1.79. The molecule has 1 aromatic heterocycles. The lowest BCUT2D eigenvalue weighted by Crippen LogP contribution is -2.51. The lowest BCUT2D eigenvalue weighted by Gasteiger charge is -2.46. The maximum absolute atomic E-state index is 14.6. The van der Waals surface area contributed by atoms with Crippen molar-refractivity contribution in [2.24, 2.45) is 0 Å². The van der Waals surface area contributed by atoms with Gasteiger partial charge in [-0.1, -0.05) is 43.5 Å². The molecule has 2 atom stereocenters. The third-order valence-corrected chi connectivity index (χ3v) is 6.34. The van der Waals surface area contributed by atoms with Crippen molar-refractivity contribution < 1.29 is 13.6 Å². The van der Waals surface area contributed by atoms with Crippen LogP contribution in [-0.4, -0.2) is 10.9 Å². The molecular weight excluding hydrogens is 406 g/mol. The minimum absolute atomic E-state index is 0.104. The van der Waals surface area contributed by atoms with E-state index < -0.39 is 17.3 Å². The molecule has 0 aliphatic heterocycles. The summed E-state index contributed by atoms with van der Waals surface area (Å²) in [5.41, 5.74) is 1.09. The number of benzene rings is 2. The summed E-state index contributed by atoms with van der Waals surface area (Å²) in [5, 5.41) is 4.36. The quantitative estimate of drug-likeness (QED) is 0.499. The summed E-state index contributed by atoms with van der Waals surface area (Å²) < 4.78 is 28.8. The van der Waals surface area contributed by atoms with Crippen molar-refractivity contribution in [3.8, 4) is 0 Å². The normalized spacial score (nSPS) is 21.5. The molecule has 1 aliphatic carbocycles. The van der Waals surface area contributed by atoms with Crippen LogP contribution in [0.3, 0.4) is 0 Å². The molecule has 1 aliphatic rings. The first-order chi connectivity index (χ1) is 14.4. The Morgan fingerprint density at radius 2 is 1.93 bits per heavy atom. The van der Waals surface area contributed by atoms with Crippen LogP contribution in [0.2, 0.25) is 5.02 Å². The standard InChI is InChI=1S/C24H23ClF2N2O/c1-2-23(30)29-24(12-4-3-5-19(24)15-6-8-16(25)9-7-15)20-14-22(27)28-21-11-10-17(26)13-18(20)21/h6-11,13-14,19H,2-5,12H2,1H3,(H,29,30). The lowest BCUT2D eigenvalue weighted by atomic mass is 9.65. The maximum Gasteiger partial charge on any atom is 0.220 e. The summed E-state index contributed by atoms with van der Waals surface area (Å²) in [7, 11) is 0. The second-order valence-corrected chi connectivity index (χ2v) is 8.31. The number of nitrogens with zero attached hydrogens (tertiary/aromatic N) is 1. The Kier molecular flexibility index (Phi) is 5.74. The van der Waals surface area contributed by atoms with Gasteiger partial charge in [0.1, 0.15) is 5.82 Å². The number of rotatable bonds is 4. The monoisotopic (exact) mass is 428 g/mol. The van der Waals surface area contributed by atoms with E-state index in [1.807, 2.05) is 24.3 Å². The van der Waals surface area contributed by atoms with Crippen LogP contribution in [0, 0.1) is 11.8 Å². The van der Waals surface area contributed by atoms with Crippen molar-refractivity contribution in [1.82, 2.24) is 10.3 Å². The number of halogens is 3. The average Bonchev–Trinajstić information content (AvgIpc) is 2.74. The van der Waals surface area contributed by atoms with Gasteiger partial charge >= 0.3 is 0 Å². The van der Waals surface area contributed by atoms with Gasteiger partial charge in [-0.15, -0.1) is 0 Å². The van der Waals surface area contributed by atoms with Gasteiger partial charge in [0.05, 0.1) is 11.1 Å². The highest BCUT2D eigenvalue weighted by molar-refractivity contribution is 6.30. The van der Waals surface area contributed by atoms with E-state index in [0.717, 1.165) is 24.8 Å². The Balaban J connectivity index is 1.99. The zero-order chi connectivity index (χ0) is 21.3. The molecule has 2 aromatic carbocycles. The van der Waals surface area contributed by atoms with Crippen LogP contribution in [0.15, 0.2) is 48.5 Å². The average molecular weight is 429 g/mol. The molecule has 2 unspecified atom stereocenters. The van der Waals surface area contributed by atoms with E-state index >= 15 is 0 Å². The number of hydrogen-bond acceptors (Lipinski definition) is 2. The predicted molar refractivity (Wildman–Crippen MR) is 114 cm³/mol. The molecule has 1 fully saturated rings. The highest BCUT2D eigenvalue weighted by Crippen LogP contribution is 2.49. The molecular formula is C24H23ClF2N2O. The molecule has 3 nitrogen and oxygen atoms in total. The van der Waals surface area contributed by atoms with E-state index in [-0.39, 0.29) is 11.8 Å². The molecule has 0 spiro atoms. The van der Waals surface area contributed by atoms with Crippen LogP contribution < -0.4 is 5.32 Å². The van der Waals surface area contributed by atoms with Crippen LogP contribution in [0.4, 0.5) is 8.78 Å². The molecule has 0 bridgehead atoms. The highest BCUT2D eigenvalue weighted by atomic mass is 35.5. The largest absolute Gasteiger partial charge is 0.346 e. The van der Waals surface area contributed by atoms with Gasteiger partial charge in [0.15, 0.2) is 0 Å². The van der Waals surface area contributed by atoms with E-state index in [0.29, 0.717) is 34.3 Å². The summed E-state index contributed by atoms with van der Waals surface area (Å²) >= 11 is 6.09. The number of fused-ring (bicyclic) bond motifs is 1. The highest BCUT2D eigenvalue weighted by Gasteiger charge is 2.45. The van der Waals surface area contributed by atoms with Crippen molar-refractivity contribution in [1.29, 1.82) is 0 Å². The molecule has 1 amide bonds. The number of nitrogens with one attached hydrogen (secondary N) is 1. The van der Waals surface area contributed by atoms with Gasteiger partial charge in [-0.2, -0.15) is 4.39 Å². The molecule has 4 rings (SSSR count). The number of amides is 1. The SMILES string of the molecule is CCC(=O)NC1(c2cc(F)nc3ccc(F)cc23)CCCCC1c1ccc(Cl)cc1. The molecule has 3 aromatic rings. The van der Waals surface area contributed by atoms with Gasteiger partial charge in [-0.3, -0.25) is 4.79 Å². The van der Waals surface area contributed by atoms with Crippen molar-refractivity contribution in [3.63, 3.8) is 0 Å². The summed E-state index contributed by atoms with van der Waals surface area (Å²) in [5.74, 6) is -1.30. The van der Waals surface area contributed by atoms with Crippen molar-refractivity contribution in [2.75, 3.05) is 0 Å². The second kappa shape index (κ2) is 8.31. The Bertz CT molecular complexity index is 1090. The lowest BCUT2D eigenvalue weighted by molar-refractivity contribution is -0.123. The first-order valence-corrected chi connectivity index (χ1v) is 10.6. The molecule has 1 N–H and O–H groups in total. The van der Waals surface area contributed by atoms with E-state index in [9.17, 15) is 13.6 Å². The molecule has 156 valence electrons. The van der Waals surface area contributed by atoms with Gasteiger partial charge in [0.2, 0.25) is 11.9 Å². The van der Waals surface area contributed by atoms with Crippen LogP contribution in [0.5, 0.6) is 0 Å². The number of pyridine rings is 1. The number of hydrogen-bond donors (Lipinski definition) is 1. The third kappa shape index (κ3) is 3.79. The zero-order valence-corrected chi connectivity index (χ0v) is 17.5. The van der Waals surface area contributed by atoms with Crippen molar-refractivity contribution in [3.05, 3.63) is 76.4 Å². The molecule has 1 saturated carbocycles. The van der Waals surface area contributed by atoms with Gasteiger partial charge in [0, 0.05) is 22.7 Å². The third-order valence-electron chi connectivity index (χ3n) is 6.08. The maximum atomic E-state index is 14.6. The van der Waals surface area contributed by atoms with E-state index in [2.05, 4.69) is 10.3 Å². The van der Waals surface area contributed by atoms with E-state index in [1.54, 1.807) is 6.92 Å². The fraction of sp³-hybridized carbons (Fsp3) is 0.333. The summed E-state index contributed by atoms with van der Waals surface area (Å²) in [6.07, 6.45) is 3.59. The Hall–Kier alpha value is -2.53. The van der Waals surface area contributed by atoms with Crippen LogP contribution >= 0.6 is 11.6 Å². The molecule has 0 saturated heterocycles. The van der Waals surface area contributed by atoms with Gasteiger partial charge in [-0.05, 0) is 60.4 Å². The number of carbonyl (C=O) groups excluding carboxylic acids is 1. The van der Waals surface area contributed by atoms with Crippen molar-refractivity contribution in [2.45, 2.75) is 50.5 Å². The second-order valence-electron chi connectivity index (χ2n) is 7.88. The van der Waals surface area contributed by atoms with Crippen LogP contribution in [-0.2, 0) is 10.3 Å². The van der Waals surface area contributed by atoms with Crippen LogP contribution in [0.1, 0.15) is 56.1 Å². The Morgan fingerprint density at radius 3 is 2.67 bits per heavy atom. The fourth-order valence-corrected chi connectivity index (χ4v) is 4.86. The molecule has 0 radical (unpaired) electrons. The Morgan fingerprint density at radius 1 is 1.17 bits per heavy atom. The number of aromatic nitrogens is 1. The molecule has 1 heterocycles. The minimum Gasteiger partial charge on any atom is -0.346 e. The predicted octanol–water partition coefficient (Wildman–Crippen LogP) is 6.25. The van der Waals surface area contributed by atoms with Crippen LogP contribution in [0.25, 0.3) is 10.9 Å². The zero-order valence-electron chi connectivity index (χ0n) is 16.7. The topological polar surface area (TPSA) is 42.0 Å². The fourth-order valence-electron chi connectivity index (χ4n) is 4.73. The Labute approximate surface area is 179 Å². The van der Waals surface area contributed by atoms with Gasteiger partial charge in [0.25, 0.3) is 0 Å². The summed E-state index contributed by atoms with van der Waals surface area (Å²) in [4.78, 5) is 16.6. The van der Waals surface area contributed by atoms with Crippen molar-refractivity contribution >= 4 is 28.4 Å². The smallest absolute Gasteiger partial charge is 0.220 e. The minimum atomic E-state index is -0.866. The molecule has 30 heavy (non-hydrogen) atoms. The van der Waals surface area contributed by atoms with E-state index in [1.165, 1.54) is 24.3 Å². The summed E-state index contributed by atoms with van der Waals surface area (Å²) in [6, 6.07) is 13.0. The first kappa shape index (κ1) is 20.7. The van der Waals surface area contributed by atoms with Gasteiger partial charge < -0.3 is 5.32 Å².